The Morgan fingerprint density at radius 2 is 2.00 bits per heavy atom. The normalized spacial score (nSPS) is 11.6. The molecule has 0 aliphatic heterocycles. The van der Waals surface area contributed by atoms with E-state index in [-0.39, 0.29) is 6.07 Å². The van der Waals surface area contributed by atoms with Gasteiger partial charge in [-0.25, -0.2) is 0 Å². The fourth-order valence-corrected chi connectivity index (χ4v) is 0.670. The van der Waals surface area contributed by atoms with E-state index in [1.807, 2.05) is 0 Å². The van der Waals surface area contributed by atoms with E-state index in [9.17, 15) is 4.57 Å². The van der Waals surface area contributed by atoms with Crippen LogP contribution in [0.5, 0.6) is 0 Å². The van der Waals surface area contributed by atoms with Crippen molar-refractivity contribution in [2.75, 3.05) is 19.2 Å². The van der Waals surface area contributed by atoms with E-state index in [0.717, 1.165) is 13.1 Å². The molecule has 0 aliphatic rings. The molecular formula is C5H15ClNO3P. The van der Waals surface area contributed by atoms with Crippen LogP contribution in [0.2, 0.25) is 0 Å². The molecule has 0 saturated carbocycles. The molecule has 0 radical (unpaired) electrons. The first-order valence-corrected chi connectivity index (χ1v) is 5.11. The minimum absolute atomic E-state index is 0.214. The number of halogens is 1. The number of alkyl halides is 1. The number of rotatable bonds is 4. The Morgan fingerprint density at radius 1 is 1.55 bits per heavy atom. The van der Waals surface area contributed by atoms with Crippen LogP contribution in [-0.4, -0.2) is 24.0 Å². The standard InChI is InChI=1S/C4H11N.CH4ClO3P/c1-3-5-4-2;2-1-5-6(3)4/h5H,3-4H2,1-2H3;6H,1H2,(H,3,4). The molecular weight excluding hydrogens is 188 g/mol. The second-order valence-electron chi connectivity index (χ2n) is 1.48. The summed E-state index contributed by atoms with van der Waals surface area (Å²) in [6.07, 6.45) is 0. The molecule has 1 atom stereocenters. The van der Waals surface area contributed by atoms with Crippen LogP contribution < -0.4 is 5.32 Å². The Labute approximate surface area is 72.8 Å². The monoisotopic (exact) mass is 203 g/mol. The maximum absolute atomic E-state index is 9.48. The molecule has 0 aromatic rings. The highest BCUT2D eigenvalue weighted by molar-refractivity contribution is 7.32. The SMILES string of the molecule is CCNCC.O=[PH](O)OCCl. The molecule has 6 heteroatoms. The quantitative estimate of drug-likeness (QED) is 0.533. The van der Waals surface area contributed by atoms with Gasteiger partial charge in [0.15, 0.2) is 0 Å². The number of hydrogen-bond acceptors (Lipinski definition) is 3. The molecule has 4 nitrogen and oxygen atoms in total. The summed E-state index contributed by atoms with van der Waals surface area (Å²) < 4.78 is 13.4. The lowest BCUT2D eigenvalue weighted by molar-refractivity contribution is 0.328. The zero-order valence-electron chi connectivity index (χ0n) is 6.76. The highest BCUT2D eigenvalue weighted by atomic mass is 35.5. The highest BCUT2D eigenvalue weighted by Crippen LogP contribution is 2.13. The van der Waals surface area contributed by atoms with Gasteiger partial charge in [-0.05, 0) is 13.1 Å². The van der Waals surface area contributed by atoms with Crippen molar-refractivity contribution in [3.8, 4) is 0 Å². The van der Waals surface area contributed by atoms with Gasteiger partial charge in [0, 0.05) is 0 Å². The smallest absolute Gasteiger partial charge is 0.317 e. The zero-order chi connectivity index (χ0) is 9.11. The third kappa shape index (κ3) is 25.2. The van der Waals surface area contributed by atoms with E-state index in [2.05, 4.69) is 23.7 Å². The van der Waals surface area contributed by atoms with Crippen molar-refractivity contribution in [3.05, 3.63) is 0 Å². The minimum atomic E-state index is -2.77. The molecule has 0 heterocycles. The van der Waals surface area contributed by atoms with Crippen molar-refractivity contribution in [2.45, 2.75) is 13.8 Å². The van der Waals surface area contributed by atoms with E-state index in [1.54, 1.807) is 0 Å². The Hall–Kier alpha value is 0.400. The molecule has 0 saturated heterocycles. The summed E-state index contributed by atoms with van der Waals surface area (Å²) in [5.41, 5.74) is 0. The van der Waals surface area contributed by atoms with E-state index < -0.39 is 8.25 Å². The van der Waals surface area contributed by atoms with E-state index in [1.165, 1.54) is 0 Å². The fourth-order valence-electron chi connectivity index (χ4n) is 0.297. The van der Waals surface area contributed by atoms with Crippen LogP contribution in [0.3, 0.4) is 0 Å². The first kappa shape index (κ1) is 14.0. The predicted molar refractivity (Wildman–Crippen MR) is 47.2 cm³/mol. The summed E-state index contributed by atoms with van der Waals surface area (Å²) in [4.78, 5) is 7.79. The summed E-state index contributed by atoms with van der Waals surface area (Å²) in [7, 11) is -2.77. The van der Waals surface area contributed by atoms with Gasteiger partial charge in [0.25, 0.3) is 0 Å². The fraction of sp³-hybridized carbons (Fsp3) is 1.00. The van der Waals surface area contributed by atoms with Crippen molar-refractivity contribution in [2.24, 2.45) is 0 Å². The lowest BCUT2D eigenvalue weighted by atomic mass is 10.7. The second-order valence-corrected chi connectivity index (χ2v) is 2.52. The van der Waals surface area contributed by atoms with Gasteiger partial charge >= 0.3 is 8.25 Å². The summed E-state index contributed by atoms with van der Waals surface area (Å²) >= 11 is 4.84. The van der Waals surface area contributed by atoms with Crippen LogP contribution >= 0.6 is 19.9 Å². The lowest BCUT2D eigenvalue weighted by Gasteiger charge is -1.86. The number of hydrogen-bond donors (Lipinski definition) is 2. The lowest BCUT2D eigenvalue weighted by Crippen LogP contribution is -2.09. The van der Waals surface area contributed by atoms with Gasteiger partial charge in [0.05, 0.1) is 0 Å². The van der Waals surface area contributed by atoms with Gasteiger partial charge in [-0.2, -0.15) is 0 Å². The molecule has 0 aliphatic carbocycles. The maximum atomic E-state index is 9.48. The largest absolute Gasteiger partial charge is 0.326 e. The molecule has 70 valence electrons. The maximum Gasteiger partial charge on any atom is 0.317 e. The minimum Gasteiger partial charge on any atom is -0.326 e. The van der Waals surface area contributed by atoms with Gasteiger partial charge in [-0.15, -0.1) is 0 Å². The first-order valence-electron chi connectivity index (χ1n) is 3.31. The zero-order valence-corrected chi connectivity index (χ0v) is 8.52. The van der Waals surface area contributed by atoms with Crippen molar-refractivity contribution in [1.82, 2.24) is 5.32 Å². The summed E-state index contributed by atoms with van der Waals surface area (Å²) in [5.74, 6) is 0. The van der Waals surface area contributed by atoms with E-state index >= 15 is 0 Å². The van der Waals surface area contributed by atoms with Crippen LogP contribution in [0.1, 0.15) is 13.8 Å². The molecule has 0 fully saturated rings. The summed E-state index contributed by atoms with van der Waals surface area (Å²) in [5, 5.41) is 3.11. The van der Waals surface area contributed by atoms with Crippen LogP contribution in [0.15, 0.2) is 0 Å². The first-order chi connectivity index (χ1) is 5.18. The molecule has 0 spiro atoms. The van der Waals surface area contributed by atoms with Crippen molar-refractivity contribution in [1.29, 1.82) is 0 Å². The Balaban J connectivity index is 0. The Kier molecular flexibility index (Phi) is 16.5. The van der Waals surface area contributed by atoms with Gasteiger partial charge < -0.3 is 10.2 Å². The van der Waals surface area contributed by atoms with Crippen LogP contribution in [0.4, 0.5) is 0 Å². The van der Waals surface area contributed by atoms with E-state index in [4.69, 9.17) is 16.5 Å². The van der Waals surface area contributed by atoms with Crippen molar-refractivity contribution >= 4 is 19.9 Å². The molecule has 1 unspecified atom stereocenters. The number of nitrogens with one attached hydrogen (secondary N) is 1. The van der Waals surface area contributed by atoms with Crippen molar-refractivity contribution < 1.29 is 14.0 Å². The molecule has 0 amide bonds. The molecule has 11 heavy (non-hydrogen) atoms. The van der Waals surface area contributed by atoms with Crippen LogP contribution in [0.25, 0.3) is 0 Å². The molecule has 0 aromatic heterocycles. The Morgan fingerprint density at radius 3 is 2.00 bits per heavy atom. The third-order valence-corrected chi connectivity index (χ3v) is 1.36. The van der Waals surface area contributed by atoms with E-state index in [0.29, 0.717) is 0 Å². The third-order valence-electron chi connectivity index (χ3n) is 0.678. The molecule has 2 N–H and O–H groups in total. The van der Waals surface area contributed by atoms with Crippen molar-refractivity contribution in [3.63, 3.8) is 0 Å². The molecule has 0 bridgehead atoms. The predicted octanol–water partition coefficient (Wildman–Crippen LogP) is 1.20. The topological polar surface area (TPSA) is 58.6 Å². The van der Waals surface area contributed by atoms with Gasteiger partial charge in [-0.1, -0.05) is 25.4 Å². The van der Waals surface area contributed by atoms with Gasteiger partial charge in [0.2, 0.25) is 0 Å². The van der Waals surface area contributed by atoms with Crippen LogP contribution in [0, 0.1) is 0 Å². The summed E-state index contributed by atoms with van der Waals surface area (Å²) in [6, 6.07) is -0.214. The Bertz CT molecular complexity index is 91.8. The molecule has 0 aromatic carbocycles. The average molecular weight is 204 g/mol. The highest BCUT2D eigenvalue weighted by Gasteiger charge is 1.82. The van der Waals surface area contributed by atoms with Gasteiger partial charge in [0.1, 0.15) is 6.07 Å². The summed E-state index contributed by atoms with van der Waals surface area (Å²) in [6.45, 7) is 6.39. The average Bonchev–Trinajstić information content (AvgIpc) is 1.90. The van der Waals surface area contributed by atoms with Gasteiger partial charge in [-0.3, -0.25) is 9.09 Å². The molecule has 0 rings (SSSR count). The second kappa shape index (κ2) is 13.0. The van der Waals surface area contributed by atoms with Crippen LogP contribution in [-0.2, 0) is 9.09 Å².